The average molecular weight is 241 g/mol. The van der Waals surface area contributed by atoms with E-state index in [-0.39, 0.29) is 0 Å². The van der Waals surface area contributed by atoms with Gasteiger partial charge < -0.3 is 9.80 Å². The van der Waals surface area contributed by atoms with Crippen molar-refractivity contribution < 1.29 is 9.80 Å². The summed E-state index contributed by atoms with van der Waals surface area (Å²) in [6.45, 7) is 6.21. The molecular formula is C13H21ClN2+2. The number of halogens is 1. The van der Waals surface area contributed by atoms with Gasteiger partial charge in [0.25, 0.3) is 0 Å². The summed E-state index contributed by atoms with van der Waals surface area (Å²) in [5, 5.41) is 0.917. The third-order valence-corrected chi connectivity index (χ3v) is 3.81. The monoisotopic (exact) mass is 240 g/mol. The van der Waals surface area contributed by atoms with Crippen molar-refractivity contribution in [2.24, 2.45) is 0 Å². The molecule has 2 nitrogen and oxygen atoms in total. The van der Waals surface area contributed by atoms with Gasteiger partial charge in [-0.1, -0.05) is 29.8 Å². The second-order valence-corrected chi connectivity index (χ2v) is 5.24. The topological polar surface area (TPSA) is 8.88 Å². The molecule has 3 heteroatoms. The molecule has 1 aromatic carbocycles. The predicted molar refractivity (Wildman–Crippen MR) is 67.1 cm³/mol. The van der Waals surface area contributed by atoms with Gasteiger partial charge in [0.2, 0.25) is 0 Å². The lowest BCUT2D eigenvalue weighted by Crippen LogP contribution is -3.15. The fourth-order valence-electron chi connectivity index (χ4n) is 2.37. The first-order valence-electron chi connectivity index (χ1n) is 6.14. The van der Waals surface area contributed by atoms with Gasteiger partial charge in [-0.3, -0.25) is 0 Å². The van der Waals surface area contributed by atoms with Crippen LogP contribution in [0.15, 0.2) is 24.3 Å². The number of quaternary nitrogens is 2. The van der Waals surface area contributed by atoms with Crippen molar-refractivity contribution in [1.29, 1.82) is 0 Å². The highest BCUT2D eigenvalue weighted by Gasteiger charge is 2.18. The summed E-state index contributed by atoms with van der Waals surface area (Å²) in [6, 6.07) is 8.22. The van der Waals surface area contributed by atoms with Gasteiger partial charge >= 0.3 is 0 Å². The maximum absolute atomic E-state index is 6.19. The van der Waals surface area contributed by atoms with Crippen molar-refractivity contribution in [1.82, 2.24) is 0 Å². The van der Waals surface area contributed by atoms with Crippen molar-refractivity contribution in [3.8, 4) is 0 Å². The van der Waals surface area contributed by atoms with E-state index in [0.717, 1.165) is 11.6 Å². The Hall–Kier alpha value is -0.570. The lowest BCUT2D eigenvalue weighted by atomic mass is 10.2. The van der Waals surface area contributed by atoms with Gasteiger partial charge in [0.15, 0.2) is 0 Å². The molecule has 0 spiro atoms. The normalized spacial score (nSPS) is 26.4. The van der Waals surface area contributed by atoms with E-state index in [4.69, 9.17) is 11.6 Å². The van der Waals surface area contributed by atoms with Crippen LogP contribution in [0.3, 0.4) is 0 Å². The molecule has 1 saturated heterocycles. The highest BCUT2D eigenvalue weighted by atomic mass is 35.5. The summed E-state index contributed by atoms with van der Waals surface area (Å²) in [4.78, 5) is 3.33. The molecule has 0 amide bonds. The zero-order valence-corrected chi connectivity index (χ0v) is 10.7. The molecule has 0 saturated carbocycles. The fraction of sp³-hybridized carbons (Fsp3) is 0.538. The third kappa shape index (κ3) is 3.21. The smallest absolute Gasteiger partial charge is 0.127 e. The maximum atomic E-state index is 6.19. The van der Waals surface area contributed by atoms with E-state index in [1.807, 2.05) is 12.1 Å². The summed E-state index contributed by atoms with van der Waals surface area (Å²) in [7, 11) is 2.29. The summed E-state index contributed by atoms with van der Waals surface area (Å²) < 4.78 is 0. The molecule has 1 aromatic rings. The van der Waals surface area contributed by atoms with Gasteiger partial charge in [-0.2, -0.15) is 0 Å². The number of hydrogen-bond acceptors (Lipinski definition) is 0. The van der Waals surface area contributed by atoms with E-state index >= 15 is 0 Å². The molecule has 1 heterocycles. The van der Waals surface area contributed by atoms with E-state index in [1.165, 1.54) is 38.2 Å². The molecule has 2 atom stereocenters. The number of likely N-dealkylation sites (N-methyl/N-ethyl adjacent to an activating group) is 1. The molecule has 0 aromatic heterocycles. The summed E-state index contributed by atoms with van der Waals surface area (Å²) in [6.07, 6.45) is 1.33. The molecule has 1 fully saturated rings. The zero-order chi connectivity index (χ0) is 11.4. The van der Waals surface area contributed by atoms with Gasteiger partial charge in [-0.15, -0.1) is 0 Å². The largest absolute Gasteiger partial charge is 0.333 e. The van der Waals surface area contributed by atoms with Crippen LogP contribution in [-0.2, 0) is 6.54 Å². The molecule has 0 radical (unpaired) electrons. The zero-order valence-electron chi connectivity index (χ0n) is 9.93. The number of hydrogen-bond donors (Lipinski definition) is 2. The Bertz CT molecular complexity index is 340. The lowest BCUT2D eigenvalue weighted by Gasteiger charge is -2.16. The standard InChI is InChI=1S/C13H19ClN2/c1-15-7-4-8-16(10-9-15)11-12-5-2-3-6-13(12)14/h2-3,5-6H,4,7-11H2,1H3/p+2. The van der Waals surface area contributed by atoms with Crippen LogP contribution in [0, 0.1) is 0 Å². The SMILES string of the molecule is C[NH+]1CCC[NH+](Cc2ccccc2Cl)CC1. The molecule has 16 heavy (non-hydrogen) atoms. The first-order chi connectivity index (χ1) is 7.75. The second-order valence-electron chi connectivity index (χ2n) is 4.83. The molecule has 1 aliphatic rings. The molecule has 1 aliphatic heterocycles. The number of rotatable bonds is 2. The minimum atomic E-state index is 0.917. The molecule has 2 N–H and O–H groups in total. The average Bonchev–Trinajstić information content (AvgIpc) is 2.47. The van der Waals surface area contributed by atoms with Crippen LogP contribution in [-0.4, -0.2) is 33.2 Å². The number of nitrogens with one attached hydrogen (secondary N) is 2. The molecule has 2 unspecified atom stereocenters. The van der Waals surface area contributed by atoms with Crippen molar-refractivity contribution in [3.05, 3.63) is 34.9 Å². The van der Waals surface area contributed by atoms with Crippen molar-refractivity contribution in [2.45, 2.75) is 13.0 Å². The van der Waals surface area contributed by atoms with Crippen LogP contribution in [0.5, 0.6) is 0 Å². The Morgan fingerprint density at radius 1 is 1.12 bits per heavy atom. The minimum absolute atomic E-state index is 0.917. The van der Waals surface area contributed by atoms with Crippen LogP contribution in [0.4, 0.5) is 0 Å². The van der Waals surface area contributed by atoms with Crippen molar-refractivity contribution in [3.63, 3.8) is 0 Å². The Morgan fingerprint density at radius 2 is 1.94 bits per heavy atom. The summed E-state index contributed by atoms with van der Waals surface area (Å²) in [5.74, 6) is 0. The van der Waals surface area contributed by atoms with Crippen LogP contribution in [0.1, 0.15) is 12.0 Å². The second kappa shape index (κ2) is 5.67. The molecule has 0 aliphatic carbocycles. The Kier molecular flexibility index (Phi) is 4.22. The van der Waals surface area contributed by atoms with Gasteiger partial charge in [0, 0.05) is 17.0 Å². The maximum Gasteiger partial charge on any atom is 0.127 e. The van der Waals surface area contributed by atoms with Crippen molar-refractivity contribution in [2.75, 3.05) is 33.2 Å². The number of benzene rings is 1. The summed E-state index contributed by atoms with van der Waals surface area (Å²) >= 11 is 6.19. The van der Waals surface area contributed by atoms with E-state index < -0.39 is 0 Å². The molecule has 0 bridgehead atoms. The summed E-state index contributed by atoms with van der Waals surface area (Å²) in [5.41, 5.74) is 1.29. The van der Waals surface area contributed by atoms with Crippen LogP contribution in [0.25, 0.3) is 0 Å². The van der Waals surface area contributed by atoms with Crippen LogP contribution >= 0.6 is 11.6 Å². The highest BCUT2D eigenvalue weighted by molar-refractivity contribution is 6.31. The first kappa shape index (κ1) is 11.9. The molecule has 2 rings (SSSR count). The Morgan fingerprint density at radius 3 is 2.75 bits per heavy atom. The quantitative estimate of drug-likeness (QED) is 0.699. The van der Waals surface area contributed by atoms with Crippen LogP contribution < -0.4 is 9.80 Å². The van der Waals surface area contributed by atoms with Gasteiger partial charge in [-0.25, -0.2) is 0 Å². The lowest BCUT2D eigenvalue weighted by molar-refractivity contribution is -0.938. The predicted octanol–water partition coefficient (Wildman–Crippen LogP) is -0.357. The third-order valence-electron chi connectivity index (χ3n) is 3.44. The van der Waals surface area contributed by atoms with E-state index in [1.54, 1.807) is 9.80 Å². The Balaban J connectivity index is 1.96. The van der Waals surface area contributed by atoms with Gasteiger partial charge in [-0.05, 0) is 6.07 Å². The first-order valence-corrected chi connectivity index (χ1v) is 6.52. The molecule has 88 valence electrons. The van der Waals surface area contributed by atoms with E-state index in [9.17, 15) is 0 Å². The van der Waals surface area contributed by atoms with Crippen LogP contribution in [0.2, 0.25) is 5.02 Å². The van der Waals surface area contributed by atoms with E-state index in [0.29, 0.717) is 0 Å². The van der Waals surface area contributed by atoms with Crippen molar-refractivity contribution >= 4 is 11.6 Å². The minimum Gasteiger partial charge on any atom is -0.333 e. The fourth-order valence-corrected chi connectivity index (χ4v) is 2.57. The molecular weight excluding hydrogens is 220 g/mol. The van der Waals surface area contributed by atoms with Gasteiger partial charge in [0.1, 0.15) is 19.6 Å². The Labute approximate surface area is 103 Å². The van der Waals surface area contributed by atoms with E-state index in [2.05, 4.69) is 19.2 Å². The highest BCUT2D eigenvalue weighted by Crippen LogP contribution is 2.13. The van der Waals surface area contributed by atoms with Gasteiger partial charge in [0.05, 0.1) is 20.1 Å².